The molecule has 0 fully saturated rings. The second-order valence-corrected chi connectivity index (χ2v) is 6.76. The zero-order chi connectivity index (χ0) is 15.8. The molecule has 0 saturated heterocycles. The summed E-state index contributed by atoms with van der Waals surface area (Å²) in [5.74, 6) is -0.630. The van der Waals surface area contributed by atoms with E-state index >= 15 is 0 Å². The number of benzene rings is 2. The molecule has 7 heteroatoms. The Morgan fingerprint density at radius 2 is 1.76 bits per heavy atom. The quantitative estimate of drug-likeness (QED) is 0.847. The van der Waals surface area contributed by atoms with Gasteiger partial charge in [-0.25, -0.2) is 12.8 Å². The number of anilines is 2. The van der Waals surface area contributed by atoms with Gasteiger partial charge in [-0.3, -0.25) is 4.72 Å². The lowest BCUT2D eigenvalue weighted by atomic mass is 10.1. The molecule has 0 unspecified atom stereocenters. The first-order valence-corrected chi connectivity index (χ1v) is 7.91. The number of nitrogen functional groups attached to an aromatic ring is 1. The number of hydrogen-bond acceptors (Lipinski definition) is 3. The maximum absolute atomic E-state index is 13.3. The number of halogens is 2. The van der Waals surface area contributed by atoms with Crippen molar-refractivity contribution in [3.8, 4) is 0 Å². The highest BCUT2D eigenvalue weighted by atomic mass is 35.5. The summed E-state index contributed by atoms with van der Waals surface area (Å²) in [6.45, 7) is 3.36. The van der Waals surface area contributed by atoms with Gasteiger partial charge >= 0.3 is 0 Å². The standard InChI is InChI=1S/C14H14ClFN2O2S/c1-8-3-4-9(2)14(13(8)17)21(19,20)18-12-6-10(15)5-11(16)7-12/h3-7,18H,17H2,1-2H3. The second-order valence-electron chi connectivity index (χ2n) is 4.71. The van der Waals surface area contributed by atoms with Crippen LogP contribution in [0.3, 0.4) is 0 Å². The van der Waals surface area contributed by atoms with Gasteiger partial charge in [-0.15, -0.1) is 0 Å². The summed E-state index contributed by atoms with van der Waals surface area (Å²) in [5.41, 5.74) is 7.24. The van der Waals surface area contributed by atoms with E-state index in [1.54, 1.807) is 26.0 Å². The molecule has 4 nitrogen and oxygen atoms in total. The summed E-state index contributed by atoms with van der Waals surface area (Å²) in [6.07, 6.45) is 0. The van der Waals surface area contributed by atoms with E-state index in [1.165, 1.54) is 6.07 Å². The molecule has 0 bridgehead atoms. The van der Waals surface area contributed by atoms with Crippen molar-refractivity contribution in [3.05, 3.63) is 52.3 Å². The van der Waals surface area contributed by atoms with Gasteiger partial charge in [0.2, 0.25) is 0 Å². The van der Waals surface area contributed by atoms with E-state index in [2.05, 4.69) is 4.72 Å². The van der Waals surface area contributed by atoms with Gasteiger partial charge in [0.15, 0.2) is 0 Å². The van der Waals surface area contributed by atoms with Gasteiger partial charge in [-0.1, -0.05) is 23.7 Å². The SMILES string of the molecule is Cc1ccc(C)c(S(=O)(=O)Nc2cc(F)cc(Cl)c2)c1N. The van der Waals surface area contributed by atoms with Crippen molar-refractivity contribution in [2.45, 2.75) is 18.7 Å². The molecule has 0 radical (unpaired) electrons. The van der Waals surface area contributed by atoms with Gasteiger partial charge in [0, 0.05) is 5.02 Å². The molecular formula is C14H14ClFN2O2S. The number of sulfonamides is 1. The fraction of sp³-hybridized carbons (Fsp3) is 0.143. The highest BCUT2D eigenvalue weighted by molar-refractivity contribution is 7.93. The van der Waals surface area contributed by atoms with Crippen molar-refractivity contribution in [1.82, 2.24) is 0 Å². The Bertz CT molecular complexity index is 787. The van der Waals surface area contributed by atoms with Gasteiger partial charge < -0.3 is 5.73 Å². The molecule has 3 N–H and O–H groups in total. The molecule has 0 aliphatic carbocycles. The van der Waals surface area contributed by atoms with E-state index in [4.69, 9.17) is 17.3 Å². The van der Waals surface area contributed by atoms with Crippen molar-refractivity contribution < 1.29 is 12.8 Å². The number of rotatable bonds is 3. The van der Waals surface area contributed by atoms with Crippen LogP contribution in [0.1, 0.15) is 11.1 Å². The van der Waals surface area contributed by atoms with Crippen LogP contribution in [-0.4, -0.2) is 8.42 Å². The fourth-order valence-electron chi connectivity index (χ4n) is 1.98. The first kappa shape index (κ1) is 15.6. The van der Waals surface area contributed by atoms with Gasteiger partial charge in [-0.2, -0.15) is 0 Å². The van der Waals surface area contributed by atoms with Crippen molar-refractivity contribution in [3.63, 3.8) is 0 Å². The summed E-state index contributed by atoms with van der Waals surface area (Å²) in [7, 11) is -3.93. The van der Waals surface area contributed by atoms with E-state index in [0.29, 0.717) is 11.1 Å². The molecule has 0 aliphatic heterocycles. The second kappa shape index (κ2) is 5.54. The molecule has 0 spiro atoms. The third-order valence-electron chi connectivity index (χ3n) is 2.99. The Hall–Kier alpha value is -1.79. The van der Waals surface area contributed by atoms with Crippen LogP contribution in [0.4, 0.5) is 15.8 Å². The molecule has 0 aromatic heterocycles. The smallest absolute Gasteiger partial charge is 0.264 e. The third kappa shape index (κ3) is 3.28. The summed E-state index contributed by atoms with van der Waals surface area (Å²) in [4.78, 5) is -0.0112. The maximum atomic E-state index is 13.3. The van der Waals surface area contributed by atoms with E-state index in [-0.39, 0.29) is 21.3 Å². The van der Waals surface area contributed by atoms with Gasteiger partial charge in [0.05, 0.1) is 11.4 Å². The van der Waals surface area contributed by atoms with Crippen LogP contribution < -0.4 is 10.5 Å². The number of aryl methyl sites for hydroxylation is 2. The fourth-order valence-corrected chi connectivity index (χ4v) is 3.68. The number of nitrogens with two attached hydrogens (primary N) is 1. The van der Waals surface area contributed by atoms with Gasteiger partial charge in [0.25, 0.3) is 10.0 Å². The molecule has 0 amide bonds. The van der Waals surface area contributed by atoms with Crippen molar-refractivity contribution in [2.24, 2.45) is 0 Å². The highest BCUT2D eigenvalue weighted by Crippen LogP contribution is 2.28. The van der Waals surface area contributed by atoms with Crippen molar-refractivity contribution in [1.29, 1.82) is 0 Å². The van der Waals surface area contributed by atoms with E-state index in [9.17, 15) is 12.8 Å². The number of nitrogens with one attached hydrogen (secondary N) is 1. The first-order chi connectivity index (χ1) is 9.70. The summed E-state index contributed by atoms with van der Waals surface area (Å²) in [5, 5.41) is 0.0987. The Kier molecular flexibility index (Phi) is 4.11. The van der Waals surface area contributed by atoms with Crippen LogP contribution in [0.25, 0.3) is 0 Å². The molecule has 0 atom stereocenters. The lowest BCUT2D eigenvalue weighted by molar-refractivity contribution is 0.601. The largest absolute Gasteiger partial charge is 0.397 e. The van der Waals surface area contributed by atoms with Crippen LogP contribution >= 0.6 is 11.6 Å². The van der Waals surface area contributed by atoms with E-state index in [1.807, 2.05) is 0 Å². The normalized spacial score (nSPS) is 11.4. The molecule has 21 heavy (non-hydrogen) atoms. The zero-order valence-electron chi connectivity index (χ0n) is 11.4. The Morgan fingerprint density at radius 3 is 2.38 bits per heavy atom. The van der Waals surface area contributed by atoms with Gasteiger partial charge in [0.1, 0.15) is 10.7 Å². The summed E-state index contributed by atoms with van der Waals surface area (Å²) < 4.78 is 40.5. The van der Waals surface area contributed by atoms with Crippen LogP contribution in [0.2, 0.25) is 5.02 Å². The van der Waals surface area contributed by atoms with Crippen molar-refractivity contribution in [2.75, 3.05) is 10.5 Å². The lowest BCUT2D eigenvalue weighted by Gasteiger charge is -2.14. The van der Waals surface area contributed by atoms with E-state index in [0.717, 1.165) is 12.1 Å². The molecule has 0 heterocycles. The summed E-state index contributed by atoms with van der Waals surface area (Å²) >= 11 is 5.71. The monoisotopic (exact) mass is 328 g/mol. The Balaban J connectivity index is 2.51. The van der Waals surface area contributed by atoms with Gasteiger partial charge in [-0.05, 0) is 43.2 Å². The topological polar surface area (TPSA) is 72.2 Å². The first-order valence-electron chi connectivity index (χ1n) is 6.05. The maximum Gasteiger partial charge on any atom is 0.264 e. The van der Waals surface area contributed by atoms with Crippen LogP contribution in [0.15, 0.2) is 35.2 Å². The Labute approximate surface area is 127 Å². The molecule has 112 valence electrons. The van der Waals surface area contributed by atoms with Crippen LogP contribution in [-0.2, 0) is 10.0 Å². The Morgan fingerprint density at radius 1 is 1.14 bits per heavy atom. The molecule has 0 saturated carbocycles. The highest BCUT2D eigenvalue weighted by Gasteiger charge is 2.21. The minimum atomic E-state index is -3.93. The lowest BCUT2D eigenvalue weighted by Crippen LogP contribution is -2.17. The molecule has 2 rings (SSSR count). The molecular weight excluding hydrogens is 315 g/mol. The molecule has 0 aliphatic rings. The van der Waals surface area contributed by atoms with Crippen LogP contribution in [0, 0.1) is 19.7 Å². The molecule has 2 aromatic carbocycles. The summed E-state index contributed by atoms with van der Waals surface area (Å²) in [6, 6.07) is 6.86. The van der Waals surface area contributed by atoms with E-state index < -0.39 is 15.8 Å². The molecule has 2 aromatic rings. The van der Waals surface area contributed by atoms with Crippen LogP contribution in [0.5, 0.6) is 0 Å². The number of hydrogen-bond donors (Lipinski definition) is 2. The zero-order valence-corrected chi connectivity index (χ0v) is 13.0. The predicted molar refractivity (Wildman–Crippen MR) is 82.5 cm³/mol. The minimum absolute atomic E-state index is 0.0112. The van der Waals surface area contributed by atoms with Crippen molar-refractivity contribution >= 4 is 33.0 Å². The predicted octanol–water partition coefficient (Wildman–Crippen LogP) is 3.48. The average Bonchev–Trinajstić information content (AvgIpc) is 2.32. The third-order valence-corrected chi connectivity index (χ3v) is 4.80. The minimum Gasteiger partial charge on any atom is -0.397 e. The average molecular weight is 329 g/mol.